The second-order valence-corrected chi connectivity index (χ2v) is 9.79. The lowest BCUT2D eigenvalue weighted by Gasteiger charge is -2.26. The van der Waals surface area contributed by atoms with Gasteiger partial charge in [0.25, 0.3) is 11.8 Å². The first kappa shape index (κ1) is 29.9. The quantitative estimate of drug-likeness (QED) is 0.270. The van der Waals surface area contributed by atoms with Crippen molar-refractivity contribution in [1.29, 1.82) is 0 Å². The van der Waals surface area contributed by atoms with Crippen LogP contribution in [0.25, 0.3) is 0 Å². The molecule has 1 unspecified atom stereocenters. The fourth-order valence-corrected chi connectivity index (χ4v) is 4.57. The Morgan fingerprint density at radius 2 is 1.54 bits per heavy atom. The maximum absolute atomic E-state index is 13.4. The van der Waals surface area contributed by atoms with Crippen LogP contribution in [0.4, 0.5) is 0 Å². The summed E-state index contributed by atoms with van der Waals surface area (Å²) < 4.78 is 5.31. The summed E-state index contributed by atoms with van der Waals surface area (Å²) in [4.78, 5) is 28.3. The van der Waals surface area contributed by atoms with Gasteiger partial charge in [-0.25, -0.2) is 0 Å². The van der Waals surface area contributed by atoms with Crippen LogP contribution in [-0.2, 0) is 13.0 Å². The zero-order valence-corrected chi connectivity index (χ0v) is 23.4. The number of carbonyl (C=O) groups is 2. The van der Waals surface area contributed by atoms with Crippen LogP contribution in [0.2, 0.25) is 0 Å². The van der Waals surface area contributed by atoms with Crippen molar-refractivity contribution in [3.63, 3.8) is 0 Å². The van der Waals surface area contributed by atoms with Gasteiger partial charge in [-0.2, -0.15) is 0 Å². The van der Waals surface area contributed by atoms with Crippen LogP contribution in [0, 0.1) is 0 Å². The molecule has 3 rings (SSSR count). The number of hydrogen-bond donors (Lipinski definition) is 3. The van der Waals surface area contributed by atoms with E-state index in [9.17, 15) is 9.59 Å². The summed E-state index contributed by atoms with van der Waals surface area (Å²) in [5.41, 5.74) is 9.78. The van der Waals surface area contributed by atoms with E-state index in [4.69, 9.17) is 10.5 Å². The Morgan fingerprint density at radius 1 is 0.872 bits per heavy atom. The molecule has 7 nitrogen and oxygen atoms in total. The minimum Gasteiger partial charge on any atom is -0.497 e. The fraction of sp³-hybridized carbons (Fsp3) is 0.375. The molecule has 0 bridgehead atoms. The monoisotopic (exact) mass is 530 g/mol. The molecule has 208 valence electrons. The van der Waals surface area contributed by atoms with Crippen molar-refractivity contribution in [2.75, 3.05) is 26.7 Å². The third-order valence-electron chi connectivity index (χ3n) is 6.62. The number of nitrogens with two attached hydrogens (primary N) is 1. The number of nitrogens with zero attached hydrogens (tertiary/aromatic N) is 1. The summed E-state index contributed by atoms with van der Waals surface area (Å²) in [5.74, 6) is 0.514. The summed E-state index contributed by atoms with van der Waals surface area (Å²) >= 11 is 0. The summed E-state index contributed by atoms with van der Waals surface area (Å²) in [7, 11) is 1.65. The third kappa shape index (κ3) is 9.23. The number of hydrogen-bond acceptors (Lipinski definition) is 5. The van der Waals surface area contributed by atoms with Crippen molar-refractivity contribution in [3.8, 4) is 5.75 Å². The zero-order valence-electron chi connectivity index (χ0n) is 23.4. The van der Waals surface area contributed by atoms with Crippen molar-refractivity contribution in [3.05, 3.63) is 101 Å². The summed E-state index contributed by atoms with van der Waals surface area (Å²) in [5, 5.41) is 6.56. The number of benzene rings is 3. The Labute approximate surface area is 232 Å². The van der Waals surface area contributed by atoms with Crippen LogP contribution in [0.5, 0.6) is 5.75 Å². The second kappa shape index (κ2) is 15.7. The number of rotatable bonds is 15. The van der Waals surface area contributed by atoms with Crippen LogP contribution in [0.1, 0.15) is 58.5 Å². The molecule has 3 aromatic rings. The first-order valence-corrected chi connectivity index (χ1v) is 13.8. The van der Waals surface area contributed by atoms with Crippen molar-refractivity contribution in [2.24, 2.45) is 5.73 Å². The number of methoxy groups -OCH3 is 1. The molecule has 0 saturated heterocycles. The van der Waals surface area contributed by atoms with Crippen molar-refractivity contribution < 1.29 is 14.3 Å². The molecule has 0 aliphatic rings. The van der Waals surface area contributed by atoms with E-state index in [0.717, 1.165) is 29.7 Å². The van der Waals surface area contributed by atoms with E-state index in [0.29, 0.717) is 43.7 Å². The van der Waals surface area contributed by atoms with Gasteiger partial charge in [-0.1, -0.05) is 62.4 Å². The van der Waals surface area contributed by atoms with Gasteiger partial charge in [-0.15, -0.1) is 0 Å². The van der Waals surface area contributed by atoms with Gasteiger partial charge in [0.05, 0.1) is 7.11 Å². The Bertz CT molecular complexity index is 1180. The summed E-state index contributed by atoms with van der Waals surface area (Å²) in [6, 6.07) is 24.2. The van der Waals surface area contributed by atoms with E-state index < -0.39 is 0 Å². The first-order valence-electron chi connectivity index (χ1n) is 13.8. The highest BCUT2D eigenvalue weighted by atomic mass is 16.5. The van der Waals surface area contributed by atoms with Crippen molar-refractivity contribution >= 4 is 11.8 Å². The van der Waals surface area contributed by atoms with E-state index in [-0.39, 0.29) is 23.9 Å². The Morgan fingerprint density at radius 3 is 2.23 bits per heavy atom. The Hall–Kier alpha value is -3.68. The number of ether oxygens (including phenoxy) is 1. The average Bonchev–Trinajstić information content (AvgIpc) is 2.97. The van der Waals surface area contributed by atoms with E-state index >= 15 is 0 Å². The van der Waals surface area contributed by atoms with Crippen LogP contribution in [0.15, 0.2) is 78.9 Å². The minimum atomic E-state index is -0.339. The highest BCUT2D eigenvalue weighted by molar-refractivity contribution is 5.99. The molecule has 2 amide bonds. The fourth-order valence-electron chi connectivity index (χ4n) is 4.57. The molecule has 0 radical (unpaired) electrons. The first-order chi connectivity index (χ1) is 18.9. The molecule has 0 heterocycles. The lowest BCUT2D eigenvalue weighted by Crippen LogP contribution is -2.53. The molecule has 4 N–H and O–H groups in total. The molecule has 7 heteroatoms. The predicted molar refractivity (Wildman–Crippen MR) is 157 cm³/mol. The van der Waals surface area contributed by atoms with Crippen molar-refractivity contribution in [1.82, 2.24) is 15.5 Å². The lowest BCUT2D eigenvalue weighted by molar-refractivity contribution is 0.0755. The molecular weight excluding hydrogens is 488 g/mol. The van der Waals surface area contributed by atoms with Gasteiger partial charge in [-0.3, -0.25) is 9.59 Å². The van der Waals surface area contributed by atoms with Crippen LogP contribution < -0.4 is 21.1 Å². The summed E-state index contributed by atoms with van der Waals surface area (Å²) in [6.07, 6.45) is 2.36. The van der Waals surface area contributed by atoms with Gasteiger partial charge in [0.1, 0.15) is 5.75 Å². The average molecular weight is 531 g/mol. The molecule has 3 aromatic carbocycles. The lowest BCUT2D eigenvalue weighted by atomic mass is 9.98. The normalized spacial score (nSPS) is 12.4. The third-order valence-corrected chi connectivity index (χ3v) is 6.62. The smallest absolute Gasteiger partial charge is 0.253 e. The predicted octanol–water partition coefficient (Wildman–Crippen LogP) is 4.42. The number of nitrogens with one attached hydrogen (secondary N) is 2. The second-order valence-electron chi connectivity index (χ2n) is 9.79. The Kier molecular flexibility index (Phi) is 12.0. The molecule has 2 atom stereocenters. The molecule has 0 aliphatic carbocycles. The van der Waals surface area contributed by atoms with E-state index in [2.05, 4.69) is 24.5 Å². The topological polar surface area (TPSA) is 96.7 Å². The molecule has 0 aliphatic heterocycles. The van der Waals surface area contributed by atoms with Crippen LogP contribution in [-0.4, -0.2) is 55.5 Å². The van der Waals surface area contributed by atoms with Gasteiger partial charge in [0.15, 0.2) is 0 Å². The minimum absolute atomic E-state index is 0.0485. The van der Waals surface area contributed by atoms with Crippen LogP contribution >= 0.6 is 0 Å². The molecule has 0 fully saturated rings. The zero-order chi connectivity index (χ0) is 28.0. The van der Waals surface area contributed by atoms with Gasteiger partial charge in [0, 0.05) is 49.4 Å². The Balaban J connectivity index is 1.71. The molecule has 0 saturated carbocycles. The van der Waals surface area contributed by atoms with E-state index in [1.165, 1.54) is 0 Å². The highest BCUT2D eigenvalue weighted by Crippen LogP contribution is 2.14. The van der Waals surface area contributed by atoms with E-state index in [1.807, 2.05) is 59.5 Å². The maximum Gasteiger partial charge on any atom is 0.253 e. The standard InChI is InChI=1S/C32H42N4O3/c1-4-17-36(18-5-2)32(38)27-15-10-14-26(21-27)31(37)35-30(20-24-11-7-6-8-12-24)29(33)23-34-22-25-13-9-16-28(19-25)39-3/h6-16,19,21,29-30,34H,4-5,17-18,20,22-23,33H2,1-3H3,(H,35,37)/t29?,30-/m0/s1. The number of amides is 2. The number of carbonyl (C=O) groups excluding carboxylic acids is 2. The van der Waals surface area contributed by atoms with Crippen LogP contribution in [0.3, 0.4) is 0 Å². The van der Waals surface area contributed by atoms with Gasteiger partial charge >= 0.3 is 0 Å². The molecule has 0 spiro atoms. The van der Waals surface area contributed by atoms with Gasteiger partial charge in [0.2, 0.25) is 0 Å². The maximum atomic E-state index is 13.4. The van der Waals surface area contributed by atoms with Crippen molar-refractivity contribution in [2.45, 2.75) is 51.7 Å². The SMILES string of the molecule is CCCN(CCC)C(=O)c1cccc(C(=O)N[C@@H](Cc2ccccc2)C(N)CNCc2cccc(OC)c2)c1. The molecular formula is C32H42N4O3. The molecule has 39 heavy (non-hydrogen) atoms. The largest absolute Gasteiger partial charge is 0.497 e. The van der Waals surface area contributed by atoms with Gasteiger partial charge < -0.3 is 26.0 Å². The van der Waals surface area contributed by atoms with Gasteiger partial charge in [-0.05, 0) is 60.7 Å². The summed E-state index contributed by atoms with van der Waals surface area (Å²) in [6.45, 7) is 6.65. The highest BCUT2D eigenvalue weighted by Gasteiger charge is 2.22. The molecule has 0 aromatic heterocycles. The van der Waals surface area contributed by atoms with E-state index in [1.54, 1.807) is 31.4 Å².